The predicted octanol–water partition coefficient (Wildman–Crippen LogP) is 2.10. The third kappa shape index (κ3) is 4.20. The van der Waals surface area contributed by atoms with Gasteiger partial charge in [-0.25, -0.2) is 0 Å². The van der Waals surface area contributed by atoms with Crippen LogP contribution in [0.5, 0.6) is 0 Å². The molecule has 2 N–H and O–H groups in total. The van der Waals surface area contributed by atoms with Gasteiger partial charge in [0, 0.05) is 12.6 Å². The minimum atomic E-state index is -0.101. The molecule has 2 rings (SSSR count). The van der Waals surface area contributed by atoms with E-state index in [0.717, 1.165) is 38.0 Å². The fraction of sp³-hybridized carbons (Fsp3) is 0.733. The molecule has 1 aliphatic rings. The molecule has 1 aromatic rings. The first-order valence-corrected chi connectivity index (χ1v) is 7.52. The summed E-state index contributed by atoms with van der Waals surface area (Å²) in [5.41, 5.74) is 1.63. The average molecular weight is 315 g/mol. The van der Waals surface area contributed by atoms with E-state index < -0.39 is 0 Å². The van der Waals surface area contributed by atoms with E-state index in [1.165, 1.54) is 0 Å². The van der Waals surface area contributed by atoms with Crippen molar-refractivity contribution in [2.45, 2.75) is 58.5 Å². The van der Waals surface area contributed by atoms with Gasteiger partial charge in [0.15, 0.2) is 0 Å². The lowest BCUT2D eigenvalue weighted by Gasteiger charge is -2.24. The number of carbonyl (C=O) groups is 1. The van der Waals surface area contributed by atoms with E-state index in [9.17, 15) is 4.79 Å². The molecule has 0 radical (unpaired) electrons. The molecule has 2 heterocycles. The van der Waals surface area contributed by atoms with Crippen LogP contribution in [0.15, 0.2) is 6.20 Å². The third-order valence-corrected chi connectivity index (χ3v) is 3.72. The molecule has 1 saturated heterocycles. The molecule has 0 bridgehead atoms. The van der Waals surface area contributed by atoms with Gasteiger partial charge in [0.2, 0.25) is 0 Å². The van der Waals surface area contributed by atoms with E-state index in [0.29, 0.717) is 5.56 Å². The van der Waals surface area contributed by atoms with Crippen LogP contribution in [0.3, 0.4) is 0 Å². The smallest absolute Gasteiger partial charge is 0.255 e. The van der Waals surface area contributed by atoms with E-state index in [1.807, 2.05) is 4.68 Å². The molecule has 0 unspecified atom stereocenters. The molecule has 21 heavy (non-hydrogen) atoms. The summed E-state index contributed by atoms with van der Waals surface area (Å²) in [4.78, 5) is 12.4. The fourth-order valence-electron chi connectivity index (χ4n) is 2.72. The molecule has 0 saturated carbocycles. The number of carbonyl (C=O) groups excluding carboxylic acids is 1. The lowest BCUT2D eigenvalue weighted by Crippen LogP contribution is -2.45. The molecule has 1 aliphatic heterocycles. The minimum Gasteiger partial charge on any atom is -0.348 e. The largest absolute Gasteiger partial charge is 0.348 e. The fourth-order valence-corrected chi connectivity index (χ4v) is 2.72. The Kier molecular flexibility index (Phi) is 6.23. The Morgan fingerprint density at radius 2 is 2.24 bits per heavy atom. The highest BCUT2D eigenvalue weighted by Gasteiger charge is 2.24. The molecular formula is C15H27ClN4O. The maximum Gasteiger partial charge on any atom is 0.255 e. The van der Waals surface area contributed by atoms with Gasteiger partial charge in [-0.15, -0.1) is 12.4 Å². The van der Waals surface area contributed by atoms with Crippen molar-refractivity contribution in [1.82, 2.24) is 20.4 Å². The van der Waals surface area contributed by atoms with Crippen LogP contribution in [0.2, 0.25) is 0 Å². The van der Waals surface area contributed by atoms with Gasteiger partial charge in [-0.05, 0) is 46.6 Å². The van der Waals surface area contributed by atoms with Crippen LogP contribution < -0.4 is 10.6 Å². The molecule has 6 heteroatoms. The Labute approximate surface area is 133 Å². The van der Waals surface area contributed by atoms with E-state index in [1.54, 1.807) is 6.20 Å². The summed E-state index contributed by atoms with van der Waals surface area (Å²) in [6.45, 7) is 10.3. The SMILES string of the molecule is CCc1c(C(=O)N[C@H]2CCCNC2)cnn1C(C)(C)C.Cl. The monoisotopic (exact) mass is 314 g/mol. The molecule has 1 fully saturated rings. The maximum atomic E-state index is 12.4. The van der Waals surface area contributed by atoms with Gasteiger partial charge >= 0.3 is 0 Å². The average Bonchev–Trinajstić information content (AvgIpc) is 2.83. The Morgan fingerprint density at radius 3 is 2.76 bits per heavy atom. The number of halogens is 1. The molecular weight excluding hydrogens is 288 g/mol. The van der Waals surface area contributed by atoms with Gasteiger partial charge in [0.25, 0.3) is 5.91 Å². The normalized spacial score (nSPS) is 19.0. The topological polar surface area (TPSA) is 59.0 Å². The molecule has 1 atom stereocenters. The van der Waals surface area contributed by atoms with Crippen LogP contribution in [-0.2, 0) is 12.0 Å². The Bertz CT molecular complexity index is 473. The van der Waals surface area contributed by atoms with E-state index in [4.69, 9.17) is 0 Å². The molecule has 1 amide bonds. The number of hydrogen-bond acceptors (Lipinski definition) is 3. The van der Waals surface area contributed by atoms with Crippen molar-refractivity contribution in [3.05, 3.63) is 17.5 Å². The molecule has 0 aliphatic carbocycles. The first-order valence-electron chi connectivity index (χ1n) is 7.52. The van der Waals surface area contributed by atoms with Crippen molar-refractivity contribution in [3.63, 3.8) is 0 Å². The van der Waals surface area contributed by atoms with Crippen molar-refractivity contribution in [2.24, 2.45) is 0 Å². The minimum absolute atomic E-state index is 0. The summed E-state index contributed by atoms with van der Waals surface area (Å²) in [5, 5.41) is 10.8. The maximum absolute atomic E-state index is 12.4. The van der Waals surface area contributed by atoms with Gasteiger partial charge in [0.05, 0.1) is 23.0 Å². The zero-order valence-corrected chi connectivity index (χ0v) is 14.2. The highest BCUT2D eigenvalue weighted by Crippen LogP contribution is 2.20. The van der Waals surface area contributed by atoms with Crippen LogP contribution in [0.25, 0.3) is 0 Å². The number of aromatic nitrogens is 2. The second-order valence-electron chi connectivity index (χ2n) is 6.46. The van der Waals surface area contributed by atoms with Crippen LogP contribution >= 0.6 is 12.4 Å². The van der Waals surface area contributed by atoms with Crippen molar-refractivity contribution >= 4 is 18.3 Å². The lowest BCUT2D eigenvalue weighted by atomic mass is 10.1. The molecule has 120 valence electrons. The highest BCUT2D eigenvalue weighted by molar-refractivity contribution is 5.95. The van der Waals surface area contributed by atoms with E-state index in [2.05, 4.69) is 43.4 Å². The van der Waals surface area contributed by atoms with Crippen LogP contribution in [-0.4, -0.2) is 34.8 Å². The van der Waals surface area contributed by atoms with Gasteiger partial charge in [-0.2, -0.15) is 5.10 Å². The zero-order chi connectivity index (χ0) is 14.8. The van der Waals surface area contributed by atoms with Crippen LogP contribution in [0.4, 0.5) is 0 Å². The van der Waals surface area contributed by atoms with E-state index >= 15 is 0 Å². The quantitative estimate of drug-likeness (QED) is 0.898. The lowest BCUT2D eigenvalue weighted by molar-refractivity contribution is 0.0929. The summed E-state index contributed by atoms with van der Waals surface area (Å²) < 4.78 is 1.96. The Hall–Kier alpha value is -1.07. The summed E-state index contributed by atoms with van der Waals surface area (Å²) in [5.74, 6) is 0.00560. The first kappa shape index (κ1) is 18.0. The zero-order valence-electron chi connectivity index (χ0n) is 13.4. The number of amides is 1. The Morgan fingerprint density at radius 1 is 1.52 bits per heavy atom. The molecule has 0 spiro atoms. The van der Waals surface area contributed by atoms with Crippen molar-refractivity contribution in [1.29, 1.82) is 0 Å². The number of nitrogens with zero attached hydrogens (tertiary/aromatic N) is 2. The summed E-state index contributed by atoms with van der Waals surface area (Å²) >= 11 is 0. The third-order valence-electron chi connectivity index (χ3n) is 3.72. The summed E-state index contributed by atoms with van der Waals surface area (Å²) in [6, 6.07) is 0.235. The second-order valence-corrected chi connectivity index (χ2v) is 6.46. The Balaban J connectivity index is 0.00000220. The predicted molar refractivity (Wildman–Crippen MR) is 87.2 cm³/mol. The first-order chi connectivity index (χ1) is 9.43. The summed E-state index contributed by atoms with van der Waals surface area (Å²) in [7, 11) is 0. The van der Waals surface area contributed by atoms with Gasteiger partial charge in [-0.3, -0.25) is 9.48 Å². The number of piperidine rings is 1. The van der Waals surface area contributed by atoms with Crippen molar-refractivity contribution in [3.8, 4) is 0 Å². The van der Waals surface area contributed by atoms with Gasteiger partial charge in [0.1, 0.15) is 0 Å². The van der Waals surface area contributed by atoms with Crippen molar-refractivity contribution in [2.75, 3.05) is 13.1 Å². The number of hydrogen-bond donors (Lipinski definition) is 2. The van der Waals surface area contributed by atoms with Gasteiger partial charge in [-0.1, -0.05) is 6.92 Å². The van der Waals surface area contributed by atoms with E-state index in [-0.39, 0.29) is 29.9 Å². The number of rotatable bonds is 3. The highest BCUT2D eigenvalue weighted by atomic mass is 35.5. The molecule has 1 aromatic heterocycles. The van der Waals surface area contributed by atoms with Gasteiger partial charge < -0.3 is 10.6 Å². The molecule has 5 nitrogen and oxygen atoms in total. The summed E-state index contributed by atoms with van der Waals surface area (Å²) in [6.07, 6.45) is 4.68. The standard InChI is InChI=1S/C15H26N4O.ClH/c1-5-13-12(10-17-19(13)15(2,3)4)14(20)18-11-7-6-8-16-9-11;/h10-11,16H,5-9H2,1-4H3,(H,18,20);1H/t11-;/m0./s1. The number of nitrogens with one attached hydrogen (secondary N) is 2. The van der Waals surface area contributed by atoms with Crippen molar-refractivity contribution < 1.29 is 4.79 Å². The second kappa shape index (κ2) is 7.27. The van der Waals surface area contributed by atoms with Crippen LogP contribution in [0, 0.1) is 0 Å². The van der Waals surface area contributed by atoms with Crippen LogP contribution in [0.1, 0.15) is 56.6 Å². The molecule has 0 aromatic carbocycles.